The van der Waals surface area contributed by atoms with Gasteiger partial charge in [-0.2, -0.15) is 4.68 Å². The van der Waals surface area contributed by atoms with E-state index in [9.17, 15) is 22.6 Å². The number of rotatable bonds is 6. The molecule has 12 nitrogen and oxygen atoms in total. The molecule has 4 aromatic rings. The zero-order chi connectivity index (χ0) is 22.9. The summed E-state index contributed by atoms with van der Waals surface area (Å²) >= 11 is 0.958. The molecule has 0 unspecified atom stereocenters. The normalized spacial score (nSPS) is 11.6. The van der Waals surface area contributed by atoms with E-state index in [4.69, 9.17) is 4.74 Å². The number of azo groups is 1. The predicted molar refractivity (Wildman–Crippen MR) is 112 cm³/mol. The first-order chi connectivity index (χ1) is 15.3. The van der Waals surface area contributed by atoms with E-state index in [1.165, 1.54) is 18.3 Å². The minimum Gasteiger partial charge on any atom is -0.744 e. The number of aromatic nitrogens is 4. The Morgan fingerprint density at radius 1 is 1.27 bits per heavy atom. The molecule has 0 atom stereocenters. The van der Waals surface area contributed by atoms with Crippen molar-refractivity contribution >= 4 is 48.5 Å². The summed E-state index contributed by atoms with van der Waals surface area (Å²) in [6.07, 6.45) is 1.48. The van der Waals surface area contributed by atoms with Gasteiger partial charge in [0.05, 0.1) is 21.7 Å². The average Bonchev–Trinajstić information content (AvgIpc) is 3.32. The molecule has 15 heteroatoms. The summed E-state index contributed by atoms with van der Waals surface area (Å²) in [6, 6.07) is 8.58. The minimum atomic E-state index is -4.62. The minimum absolute atomic E-state index is 0. The molecule has 0 amide bonds. The number of ether oxygens (including phenoxy) is 1. The molecule has 164 valence electrons. The zero-order valence-corrected chi connectivity index (χ0v) is 20.9. The maximum absolute atomic E-state index is 12.9. The Bertz CT molecular complexity index is 1510. The van der Waals surface area contributed by atoms with Crippen molar-refractivity contribution < 1.29 is 52.1 Å². The number of pyridine rings is 1. The molecule has 0 saturated heterocycles. The molecular formula is C18H13N6NaO6S2. The second-order valence-electron chi connectivity index (χ2n) is 6.16. The number of nitrogens with one attached hydrogen (secondary N) is 1. The smallest absolute Gasteiger partial charge is 0.744 e. The van der Waals surface area contributed by atoms with Gasteiger partial charge in [-0.05, 0) is 37.3 Å². The van der Waals surface area contributed by atoms with E-state index < -0.39 is 26.5 Å². The van der Waals surface area contributed by atoms with Gasteiger partial charge in [0, 0.05) is 6.20 Å². The van der Waals surface area contributed by atoms with Gasteiger partial charge in [0.1, 0.15) is 10.1 Å². The SMILES string of the molecule is CCOC(=O)c1[nH]n(-c2ccccn2)c(=O)c1N=Nc1nc2ccc(S(=O)(=O)[O-])cc2s1.[Na+]. The molecule has 0 radical (unpaired) electrons. The summed E-state index contributed by atoms with van der Waals surface area (Å²) < 4.78 is 40.0. The van der Waals surface area contributed by atoms with Crippen LogP contribution in [0.5, 0.6) is 0 Å². The van der Waals surface area contributed by atoms with Crippen molar-refractivity contribution in [3.05, 3.63) is 58.6 Å². The summed E-state index contributed by atoms with van der Waals surface area (Å²) in [4.78, 5) is 33.0. The quantitative estimate of drug-likeness (QED) is 0.164. The van der Waals surface area contributed by atoms with E-state index in [0.29, 0.717) is 10.2 Å². The summed E-state index contributed by atoms with van der Waals surface area (Å²) in [5.74, 6) is -0.571. The first-order valence-corrected chi connectivity index (χ1v) is 11.2. The first-order valence-electron chi connectivity index (χ1n) is 8.99. The Morgan fingerprint density at radius 3 is 2.73 bits per heavy atom. The molecule has 1 N–H and O–H groups in total. The number of thiazole rings is 1. The third-order valence-corrected chi connectivity index (χ3v) is 5.83. The third-order valence-electron chi connectivity index (χ3n) is 4.10. The summed E-state index contributed by atoms with van der Waals surface area (Å²) in [5.41, 5.74) is -0.818. The van der Waals surface area contributed by atoms with E-state index in [1.54, 1.807) is 25.1 Å². The molecule has 0 bridgehead atoms. The van der Waals surface area contributed by atoms with Gasteiger partial charge in [-0.1, -0.05) is 17.4 Å². The van der Waals surface area contributed by atoms with Crippen molar-refractivity contribution in [2.45, 2.75) is 11.8 Å². The van der Waals surface area contributed by atoms with Crippen molar-refractivity contribution in [2.24, 2.45) is 10.2 Å². The van der Waals surface area contributed by atoms with Crippen LogP contribution in [-0.2, 0) is 14.9 Å². The van der Waals surface area contributed by atoms with Crippen LogP contribution in [0.3, 0.4) is 0 Å². The van der Waals surface area contributed by atoms with Gasteiger partial charge in [-0.25, -0.2) is 23.2 Å². The van der Waals surface area contributed by atoms with E-state index in [1.807, 2.05) is 0 Å². The fourth-order valence-corrected chi connectivity index (χ4v) is 4.10. The number of nitrogens with zero attached hydrogens (tertiary/aromatic N) is 5. The number of H-pyrrole nitrogens is 1. The van der Waals surface area contributed by atoms with Crippen LogP contribution in [0.2, 0.25) is 0 Å². The molecule has 33 heavy (non-hydrogen) atoms. The van der Waals surface area contributed by atoms with Gasteiger partial charge in [-0.15, -0.1) is 10.2 Å². The first kappa shape index (κ1) is 24.9. The Hall–Kier alpha value is -2.75. The Balaban J connectivity index is 0.00000306. The zero-order valence-electron chi connectivity index (χ0n) is 17.3. The van der Waals surface area contributed by atoms with Crippen molar-refractivity contribution in [3.8, 4) is 5.82 Å². The van der Waals surface area contributed by atoms with Gasteiger partial charge >= 0.3 is 41.1 Å². The van der Waals surface area contributed by atoms with Crippen molar-refractivity contribution in [1.82, 2.24) is 19.7 Å². The monoisotopic (exact) mass is 496 g/mol. The molecule has 0 spiro atoms. The predicted octanol–water partition coefficient (Wildman–Crippen LogP) is -0.329. The molecule has 0 aliphatic carbocycles. The Morgan fingerprint density at radius 2 is 2.06 bits per heavy atom. The van der Waals surface area contributed by atoms with Crippen LogP contribution < -0.4 is 35.1 Å². The van der Waals surface area contributed by atoms with E-state index in [0.717, 1.165) is 22.1 Å². The molecule has 0 aliphatic rings. The molecule has 0 aliphatic heterocycles. The van der Waals surface area contributed by atoms with Crippen LogP contribution in [0.25, 0.3) is 16.0 Å². The maximum atomic E-state index is 12.9. The summed E-state index contributed by atoms with van der Waals surface area (Å²) in [5, 5.41) is 10.5. The van der Waals surface area contributed by atoms with Gasteiger partial charge < -0.3 is 9.29 Å². The van der Waals surface area contributed by atoms with Gasteiger partial charge in [0.15, 0.2) is 17.2 Å². The van der Waals surface area contributed by atoms with Crippen molar-refractivity contribution in [2.75, 3.05) is 6.61 Å². The number of esters is 1. The molecule has 0 fully saturated rings. The second-order valence-corrected chi connectivity index (χ2v) is 8.55. The van der Waals surface area contributed by atoms with Gasteiger partial charge in [0.2, 0.25) is 5.13 Å². The van der Waals surface area contributed by atoms with Crippen LogP contribution >= 0.6 is 11.3 Å². The second kappa shape index (κ2) is 10.0. The van der Waals surface area contributed by atoms with E-state index in [-0.39, 0.29) is 58.5 Å². The number of fused-ring (bicyclic) bond motifs is 1. The standard InChI is InChI=1S/C18H14N6O6S2.Na/c1-2-30-17(26)15-14(16(25)24(23-15)13-5-3-4-8-19-13)21-22-18-20-11-7-6-10(32(27,28)29)9-12(11)31-18;/h3-9,23H,2H2,1H3,(H,27,28,29);/q;+1/p-1. The van der Waals surface area contributed by atoms with Crippen LogP contribution in [0.15, 0.2) is 62.5 Å². The van der Waals surface area contributed by atoms with Crippen LogP contribution in [0, 0.1) is 0 Å². The van der Waals surface area contributed by atoms with Crippen LogP contribution in [-0.4, -0.2) is 45.3 Å². The molecule has 3 aromatic heterocycles. The van der Waals surface area contributed by atoms with Crippen molar-refractivity contribution in [3.63, 3.8) is 0 Å². The summed E-state index contributed by atoms with van der Waals surface area (Å²) in [7, 11) is -4.62. The summed E-state index contributed by atoms with van der Waals surface area (Å²) in [6.45, 7) is 1.69. The Kier molecular flexibility index (Phi) is 7.56. The van der Waals surface area contributed by atoms with Crippen LogP contribution in [0.1, 0.15) is 17.4 Å². The fraction of sp³-hybridized carbons (Fsp3) is 0.111. The maximum Gasteiger partial charge on any atom is 1.00 e. The molecule has 4 rings (SSSR count). The van der Waals surface area contributed by atoms with Gasteiger partial charge in [0.25, 0.3) is 0 Å². The van der Waals surface area contributed by atoms with E-state index in [2.05, 4.69) is 25.3 Å². The number of carbonyl (C=O) groups is 1. The molecular weight excluding hydrogens is 483 g/mol. The largest absolute Gasteiger partial charge is 1.00 e. The molecule has 3 heterocycles. The van der Waals surface area contributed by atoms with E-state index >= 15 is 0 Å². The number of hydrogen-bond donors (Lipinski definition) is 1. The third kappa shape index (κ3) is 5.26. The molecule has 0 saturated carbocycles. The number of aromatic amines is 1. The number of benzene rings is 1. The van der Waals surface area contributed by atoms with Crippen molar-refractivity contribution in [1.29, 1.82) is 0 Å². The van der Waals surface area contributed by atoms with Crippen LogP contribution in [0.4, 0.5) is 10.8 Å². The number of hydrogen-bond acceptors (Lipinski definition) is 11. The van der Waals surface area contributed by atoms with Gasteiger partial charge in [-0.3, -0.25) is 9.89 Å². The average molecular weight is 496 g/mol. The fourth-order valence-electron chi connectivity index (χ4n) is 2.70. The Labute approximate surface area is 212 Å². The molecule has 1 aromatic carbocycles. The topological polar surface area (TPSA) is 172 Å². The number of carbonyl (C=O) groups excluding carboxylic acids is 1.